The maximum Gasteiger partial charge on any atom is 0.335 e. The molecule has 0 saturated carbocycles. The van der Waals surface area contributed by atoms with Crippen LogP contribution in [0.2, 0.25) is 0 Å². The number of benzene rings is 1. The first-order chi connectivity index (χ1) is 10.1. The number of carbonyl (C=O) groups is 2. The highest BCUT2D eigenvalue weighted by molar-refractivity contribution is 5.87. The summed E-state index contributed by atoms with van der Waals surface area (Å²) >= 11 is 0. The summed E-state index contributed by atoms with van der Waals surface area (Å²) in [6.45, 7) is 2.75. The van der Waals surface area contributed by atoms with E-state index in [-0.39, 0.29) is 23.6 Å². The smallest absolute Gasteiger partial charge is 0.335 e. The van der Waals surface area contributed by atoms with Crippen LogP contribution >= 0.6 is 0 Å². The number of carboxylic acids is 1. The Morgan fingerprint density at radius 1 is 1.38 bits per heavy atom. The van der Waals surface area contributed by atoms with E-state index in [4.69, 9.17) is 9.84 Å². The Labute approximate surface area is 124 Å². The molecule has 114 valence electrons. The van der Waals surface area contributed by atoms with Crippen molar-refractivity contribution in [3.63, 3.8) is 0 Å². The molecule has 21 heavy (non-hydrogen) atoms. The van der Waals surface area contributed by atoms with Crippen molar-refractivity contribution < 1.29 is 19.4 Å². The van der Waals surface area contributed by atoms with Gasteiger partial charge in [-0.25, -0.2) is 4.79 Å². The van der Waals surface area contributed by atoms with Gasteiger partial charge in [-0.1, -0.05) is 12.1 Å². The molecule has 1 saturated heterocycles. The fraction of sp³-hybridized carbons (Fsp3) is 0.500. The van der Waals surface area contributed by atoms with Gasteiger partial charge in [0.1, 0.15) is 0 Å². The van der Waals surface area contributed by atoms with Gasteiger partial charge in [-0.3, -0.25) is 4.79 Å². The normalized spacial score (nSPS) is 19.2. The number of hydrogen-bond donors (Lipinski definition) is 2. The Morgan fingerprint density at radius 3 is 2.67 bits per heavy atom. The Morgan fingerprint density at radius 2 is 2.10 bits per heavy atom. The maximum absolute atomic E-state index is 11.9. The summed E-state index contributed by atoms with van der Waals surface area (Å²) in [5.41, 5.74) is 1.22. The SMILES string of the molecule is CC(NC(=O)CCc1ccc(C(=O)O)cc1)C1CCCO1. The summed E-state index contributed by atoms with van der Waals surface area (Å²) < 4.78 is 5.54. The molecule has 0 aromatic heterocycles. The van der Waals surface area contributed by atoms with E-state index in [9.17, 15) is 9.59 Å². The van der Waals surface area contributed by atoms with Crippen LogP contribution in [-0.4, -0.2) is 35.7 Å². The van der Waals surface area contributed by atoms with Gasteiger partial charge in [0.05, 0.1) is 17.7 Å². The van der Waals surface area contributed by atoms with Crippen LogP contribution in [0.25, 0.3) is 0 Å². The summed E-state index contributed by atoms with van der Waals surface area (Å²) in [5.74, 6) is -0.940. The minimum atomic E-state index is -0.940. The first-order valence-electron chi connectivity index (χ1n) is 7.29. The van der Waals surface area contributed by atoms with Gasteiger partial charge in [-0.2, -0.15) is 0 Å². The molecule has 1 amide bonds. The second-order valence-electron chi connectivity index (χ2n) is 5.41. The fourth-order valence-electron chi connectivity index (χ4n) is 2.49. The minimum Gasteiger partial charge on any atom is -0.478 e. The summed E-state index contributed by atoms with van der Waals surface area (Å²) in [4.78, 5) is 22.6. The summed E-state index contributed by atoms with van der Waals surface area (Å²) in [7, 11) is 0. The Balaban J connectivity index is 1.76. The molecule has 0 radical (unpaired) electrons. The van der Waals surface area contributed by atoms with Gasteiger partial charge >= 0.3 is 5.97 Å². The zero-order valence-corrected chi connectivity index (χ0v) is 12.2. The van der Waals surface area contributed by atoms with Crippen LogP contribution in [-0.2, 0) is 16.0 Å². The molecule has 1 heterocycles. The van der Waals surface area contributed by atoms with Crippen molar-refractivity contribution in [1.82, 2.24) is 5.32 Å². The van der Waals surface area contributed by atoms with Crippen LogP contribution in [0.15, 0.2) is 24.3 Å². The lowest BCUT2D eigenvalue weighted by Gasteiger charge is -2.19. The standard InChI is InChI=1S/C16H21NO4/c1-11(14-3-2-10-21-14)17-15(18)9-6-12-4-7-13(8-5-12)16(19)20/h4-5,7-8,11,14H,2-3,6,9-10H2,1H3,(H,17,18)(H,19,20). The molecule has 2 N–H and O–H groups in total. The largest absolute Gasteiger partial charge is 0.478 e. The van der Waals surface area contributed by atoms with Crippen LogP contribution in [0.1, 0.15) is 42.1 Å². The molecule has 1 aliphatic heterocycles. The molecule has 1 fully saturated rings. The molecule has 0 spiro atoms. The molecule has 2 unspecified atom stereocenters. The van der Waals surface area contributed by atoms with Crippen molar-refractivity contribution in [3.05, 3.63) is 35.4 Å². The van der Waals surface area contributed by atoms with E-state index < -0.39 is 5.97 Å². The van der Waals surface area contributed by atoms with E-state index in [1.165, 1.54) is 0 Å². The zero-order chi connectivity index (χ0) is 15.2. The number of nitrogens with one attached hydrogen (secondary N) is 1. The molecular weight excluding hydrogens is 270 g/mol. The minimum absolute atomic E-state index is 0.000288. The topological polar surface area (TPSA) is 75.6 Å². The highest BCUT2D eigenvalue weighted by Crippen LogP contribution is 2.15. The lowest BCUT2D eigenvalue weighted by molar-refractivity contribution is -0.122. The summed E-state index contributed by atoms with van der Waals surface area (Å²) in [5, 5.41) is 11.8. The van der Waals surface area contributed by atoms with Crippen molar-refractivity contribution >= 4 is 11.9 Å². The Hall–Kier alpha value is -1.88. The van der Waals surface area contributed by atoms with Gasteiger partial charge in [-0.05, 0) is 43.9 Å². The van der Waals surface area contributed by atoms with Crippen molar-refractivity contribution in [2.45, 2.75) is 44.8 Å². The number of amides is 1. The molecule has 5 heteroatoms. The van der Waals surface area contributed by atoms with E-state index in [0.29, 0.717) is 12.8 Å². The van der Waals surface area contributed by atoms with Gasteiger partial charge in [0.2, 0.25) is 5.91 Å². The van der Waals surface area contributed by atoms with Crippen molar-refractivity contribution in [2.75, 3.05) is 6.61 Å². The highest BCUT2D eigenvalue weighted by atomic mass is 16.5. The van der Waals surface area contributed by atoms with E-state index >= 15 is 0 Å². The monoisotopic (exact) mass is 291 g/mol. The third kappa shape index (κ3) is 4.56. The zero-order valence-electron chi connectivity index (χ0n) is 12.2. The van der Waals surface area contributed by atoms with Crippen molar-refractivity contribution in [2.24, 2.45) is 0 Å². The molecular formula is C16H21NO4. The van der Waals surface area contributed by atoms with Crippen molar-refractivity contribution in [1.29, 1.82) is 0 Å². The average molecular weight is 291 g/mol. The van der Waals surface area contributed by atoms with Crippen LogP contribution < -0.4 is 5.32 Å². The van der Waals surface area contributed by atoms with Gasteiger partial charge < -0.3 is 15.2 Å². The van der Waals surface area contributed by atoms with E-state index in [0.717, 1.165) is 25.0 Å². The summed E-state index contributed by atoms with van der Waals surface area (Å²) in [6.07, 6.45) is 3.18. The lowest BCUT2D eigenvalue weighted by Crippen LogP contribution is -2.40. The van der Waals surface area contributed by atoms with E-state index in [1.54, 1.807) is 24.3 Å². The molecule has 5 nitrogen and oxygen atoms in total. The maximum atomic E-state index is 11.9. The fourth-order valence-corrected chi connectivity index (χ4v) is 2.49. The predicted molar refractivity (Wildman–Crippen MR) is 78.3 cm³/mol. The first kappa shape index (κ1) is 15.5. The molecule has 2 rings (SSSR count). The molecule has 0 bridgehead atoms. The molecule has 1 aliphatic rings. The second-order valence-corrected chi connectivity index (χ2v) is 5.41. The van der Waals surface area contributed by atoms with Crippen LogP contribution in [0.3, 0.4) is 0 Å². The third-order valence-electron chi connectivity index (χ3n) is 3.75. The second kappa shape index (κ2) is 7.22. The number of aromatic carboxylic acids is 1. The first-order valence-corrected chi connectivity index (χ1v) is 7.29. The van der Waals surface area contributed by atoms with Crippen LogP contribution in [0.5, 0.6) is 0 Å². The lowest BCUT2D eigenvalue weighted by atomic mass is 10.1. The Kier molecular flexibility index (Phi) is 5.33. The van der Waals surface area contributed by atoms with E-state index in [2.05, 4.69) is 5.32 Å². The van der Waals surface area contributed by atoms with E-state index in [1.807, 2.05) is 6.92 Å². The molecule has 1 aromatic rings. The van der Waals surface area contributed by atoms with Crippen molar-refractivity contribution in [3.8, 4) is 0 Å². The summed E-state index contributed by atoms with van der Waals surface area (Å²) in [6, 6.07) is 6.66. The molecule has 1 aromatic carbocycles. The number of carbonyl (C=O) groups excluding carboxylic acids is 1. The van der Waals surface area contributed by atoms with Crippen LogP contribution in [0, 0.1) is 0 Å². The number of hydrogen-bond acceptors (Lipinski definition) is 3. The number of ether oxygens (including phenoxy) is 1. The average Bonchev–Trinajstić information content (AvgIpc) is 3.00. The molecule has 2 atom stereocenters. The predicted octanol–water partition coefficient (Wildman–Crippen LogP) is 2.00. The van der Waals surface area contributed by atoms with Gasteiger partial charge in [0, 0.05) is 13.0 Å². The Bertz CT molecular complexity index is 492. The molecule has 0 aliphatic carbocycles. The number of carboxylic acid groups (broad SMARTS) is 1. The number of rotatable bonds is 6. The van der Waals surface area contributed by atoms with Crippen LogP contribution in [0.4, 0.5) is 0 Å². The number of aryl methyl sites for hydroxylation is 1. The highest BCUT2D eigenvalue weighted by Gasteiger charge is 2.23. The quantitative estimate of drug-likeness (QED) is 0.840. The third-order valence-corrected chi connectivity index (χ3v) is 3.75. The van der Waals surface area contributed by atoms with Gasteiger partial charge in [0.15, 0.2) is 0 Å². The van der Waals surface area contributed by atoms with Gasteiger partial charge in [0.25, 0.3) is 0 Å². The van der Waals surface area contributed by atoms with Gasteiger partial charge in [-0.15, -0.1) is 0 Å².